The van der Waals surface area contributed by atoms with E-state index < -0.39 is 0 Å². The van der Waals surface area contributed by atoms with Crippen LogP contribution in [-0.2, 0) is 6.54 Å². The molecule has 0 amide bonds. The minimum atomic E-state index is -0.377. The van der Waals surface area contributed by atoms with Gasteiger partial charge in [-0.3, -0.25) is 0 Å². The molecule has 0 atom stereocenters. The fourth-order valence-corrected chi connectivity index (χ4v) is 1.38. The summed E-state index contributed by atoms with van der Waals surface area (Å²) in [6.07, 6.45) is 1.39. The predicted octanol–water partition coefficient (Wildman–Crippen LogP) is 1.35. The van der Waals surface area contributed by atoms with Crippen LogP contribution in [0.15, 0.2) is 24.5 Å². The molecule has 5 nitrogen and oxygen atoms in total. The Morgan fingerprint density at radius 1 is 1.53 bits per heavy atom. The predicted molar refractivity (Wildman–Crippen MR) is 56.8 cm³/mol. The molecular weight excluding hydrogens is 223 g/mol. The van der Waals surface area contributed by atoms with Gasteiger partial charge in [-0.1, -0.05) is 6.07 Å². The Morgan fingerprint density at radius 2 is 2.35 bits per heavy atom. The summed E-state index contributed by atoms with van der Waals surface area (Å²) in [4.78, 5) is 3.74. The van der Waals surface area contributed by atoms with E-state index in [1.807, 2.05) is 6.07 Å². The van der Waals surface area contributed by atoms with Crippen molar-refractivity contribution >= 4 is 0 Å². The summed E-state index contributed by atoms with van der Waals surface area (Å²) in [6.45, 7) is 0.227. The standard InChI is InChI=1S/C11H9FN4O/c1-17-9-3-2-8(10(12)4-9)6-16-7-14-11(5-13)15-16/h2-4,7H,6H2,1H3. The van der Waals surface area contributed by atoms with Gasteiger partial charge in [0.2, 0.25) is 0 Å². The lowest BCUT2D eigenvalue weighted by Crippen LogP contribution is -2.03. The van der Waals surface area contributed by atoms with Crippen LogP contribution in [0.1, 0.15) is 11.4 Å². The van der Waals surface area contributed by atoms with Crippen molar-refractivity contribution in [3.63, 3.8) is 0 Å². The quantitative estimate of drug-likeness (QED) is 0.801. The molecule has 17 heavy (non-hydrogen) atoms. The van der Waals surface area contributed by atoms with Crippen molar-refractivity contribution in [2.45, 2.75) is 6.54 Å². The van der Waals surface area contributed by atoms with Crippen molar-refractivity contribution < 1.29 is 9.13 Å². The van der Waals surface area contributed by atoms with Crippen LogP contribution in [0.3, 0.4) is 0 Å². The highest BCUT2D eigenvalue weighted by molar-refractivity contribution is 5.29. The molecule has 1 heterocycles. The summed E-state index contributed by atoms with van der Waals surface area (Å²) >= 11 is 0. The van der Waals surface area contributed by atoms with E-state index in [2.05, 4.69) is 10.1 Å². The van der Waals surface area contributed by atoms with Crippen LogP contribution in [0.2, 0.25) is 0 Å². The molecule has 0 unspecified atom stereocenters. The van der Waals surface area contributed by atoms with Gasteiger partial charge in [0.15, 0.2) is 0 Å². The number of nitriles is 1. The topological polar surface area (TPSA) is 63.7 Å². The van der Waals surface area contributed by atoms with Gasteiger partial charge in [-0.2, -0.15) is 5.26 Å². The van der Waals surface area contributed by atoms with Crippen LogP contribution < -0.4 is 4.74 Å². The van der Waals surface area contributed by atoms with Gasteiger partial charge in [0.25, 0.3) is 5.82 Å². The minimum Gasteiger partial charge on any atom is -0.497 e. The third-order valence-electron chi connectivity index (χ3n) is 2.23. The number of hydrogen-bond donors (Lipinski definition) is 0. The van der Waals surface area contributed by atoms with Crippen LogP contribution >= 0.6 is 0 Å². The lowest BCUT2D eigenvalue weighted by molar-refractivity contribution is 0.410. The lowest BCUT2D eigenvalue weighted by atomic mass is 10.2. The zero-order chi connectivity index (χ0) is 12.3. The number of ether oxygens (including phenoxy) is 1. The Hall–Kier alpha value is -2.42. The Bertz CT molecular complexity index is 573. The SMILES string of the molecule is COc1ccc(Cn2cnc(C#N)n2)c(F)c1. The summed E-state index contributed by atoms with van der Waals surface area (Å²) in [5.41, 5.74) is 0.459. The Kier molecular flexibility index (Phi) is 3.01. The second kappa shape index (κ2) is 4.61. The van der Waals surface area contributed by atoms with E-state index in [9.17, 15) is 4.39 Å². The number of nitrogens with zero attached hydrogens (tertiary/aromatic N) is 4. The third-order valence-corrected chi connectivity index (χ3v) is 2.23. The molecule has 0 N–H and O–H groups in total. The molecule has 0 aliphatic carbocycles. The first-order valence-corrected chi connectivity index (χ1v) is 4.85. The number of aromatic nitrogens is 3. The molecule has 1 aromatic carbocycles. The van der Waals surface area contributed by atoms with Crippen molar-refractivity contribution in [1.82, 2.24) is 14.8 Å². The van der Waals surface area contributed by atoms with Gasteiger partial charge in [-0.05, 0) is 6.07 Å². The smallest absolute Gasteiger partial charge is 0.252 e. The van der Waals surface area contributed by atoms with Crippen LogP contribution in [0.5, 0.6) is 5.75 Å². The molecule has 0 saturated heterocycles. The van der Waals surface area contributed by atoms with E-state index in [0.717, 1.165) is 0 Å². The van der Waals surface area contributed by atoms with E-state index in [-0.39, 0.29) is 18.2 Å². The summed E-state index contributed by atoms with van der Waals surface area (Å²) in [5.74, 6) is 0.153. The normalized spacial score (nSPS) is 9.94. The lowest BCUT2D eigenvalue weighted by Gasteiger charge is -2.05. The molecule has 0 fully saturated rings. The molecule has 0 saturated carbocycles. The second-order valence-electron chi connectivity index (χ2n) is 3.33. The van der Waals surface area contributed by atoms with E-state index in [1.165, 1.54) is 24.2 Å². The molecule has 0 aliphatic heterocycles. The maximum absolute atomic E-state index is 13.6. The van der Waals surface area contributed by atoms with Crippen LogP contribution in [0.25, 0.3) is 0 Å². The number of benzene rings is 1. The number of hydrogen-bond acceptors (Lipinski definition) is 4. The average molecular weight is 232 g/mol. The highest BCUT2D eigenvalue weighted by Crippen LogP contribution is 2.16. The van der Waals surface area contributed by atoms with Gasteiger partial charge in [0.05, 0.1) is 13.7 Å². The van der Waals surface area contributed by atoms with Crippen molar-refractivity contribution in [2.24, 2.45) is 0 Å². The number of rotatable bonds is 3. The van der Waals surface area contributed by atoms with Gasteiger partial charge in [0, 0.05) is 11.6 Å². The summed E-state index contributed by atoms with van der Waals surface area (Å²) in [6, 6.07) is 6.39. The summed E-state index contributed by atoms with van der Waals surface area (Å²) in [7, 11) is 1.48. The van der Waals surface area contributed by atoms with Gasteiger partial charge in [0.1, 0.15) is 24.0 Å². The molecule has 0 radical (unpaired) electrons. The average Bonchev–Trinajstić information content (AvgIpc) is 2.79. The largest absolute Gasteiger partial charge is 0.497 e. The molecule has 0 aliphatic rings. The molecular formula is C11H9FN4O. The fraction of sp³-hybridized carbons (Fsp3) is 0.182. The zero-order valence-electron chi connectivity index (χ0n) is 9.09. The summed E-state index contributed by atoms with van der Waals surface area (Å²) in [5, 5.41) is 12.4. The molecule has 6 heteroatoms. The van der Waals surface area contributed by atoms with E-state index in [0.29, 0.717) is 11.3 Å². The first-order chi connectivity index (χ1) is 8.22. The zero-order valence-corrected chi connectivity index (χ0v) is 9.09. The Balaban J connectivity index is 2.21. The van der Waals surface area contributed by atoms with Gasteiger partial charge in [-0.25, -0.2) is 14.1 Å². The van der Waals surface area contributed by atoms with Crippen LogP contribution in [0, 0.1) is 17.1 Å². The van der Waals surface area contributed by atoms with E-state index >= 15 is 0 Å². The second-order valence-corrected chi connectivity index (χ2v) is 3.33. The van der Waals surface area contributed by atoms with Crippen LogP contribution in [-0.4, -0.2) is 21.9 Å². The fourth-order valence-electron chi connectivity index (χ4n) is 1.38. The maximum Gasteiger partial charge on any atom is 0.252 e. The third kappa shape index (κ3) is 2.39. The molecule has 0 bridgehead atoms. The number of halogens is 1. The highest BCUT2D eigenvalue weighted by atomic mass is 19.1. The molecule has 86 valence electrons. The van der Waals surface area contributed by atoms with E-state index in [1.54, 1.807) is 12.1 Å². The first kappa shape index (κ1) is 11.1. The molecule has 1 aromatic heterocycles. The van der Waals surface area contributed by atoms with Crippen molar-refractivity contribution in [3.8, 4) is 11.8 Å². The monoisotopic (exact) mass is 232 g/mol. The Labute approximate surface area is 97.1 Å². The van der Waals surface area contributed by atoms with Crippen molar-refractivity contribution in [3.05, 3.63) is 41.7 Å². The van der Waals surface area contributed by atoms with Crippen LogP contribution in [0.4, 0.5) is 4.39 Å². The minimum absolute atomic E-state index is 0.0684. The molecule has 2 rings (SSSR count). The van der Waals surface area contributed by atoms with E-state index in [4.69, 9.17) is 10.00 Å². The van der Waals surface area contributed by atoms with Gasteiger partial charge >= 0.3 is 0 Å². The number of methoxy groups -OCH3 is 1. The van der Waals surface area contributed by atoms with Gasteiger partial charge in [-0.15, -0.1) is 5.10 Å². The van der Waals surface area contributed by atoms with Crippen molar-refractivity contribution in [1.29, 1.82) is 5.26 Å². The highest BCUT2D eigenvalue weighted by Gasteiger charge is 2.06. The Morgan fingerprint density at radius 3 is 2.94 bits per heavy atom. The van der Waals surface area contributed by atoms with Crippen molar-refractivity contribution in [2.75, 3.05) is 7.11 Å². The molecule has 2 aromatic rings. The summed E-state index contributed by atoms with van der Waals surface area (Å²) < 4.78 is 19.9. The first-order valence-electron chi connectivity index (χ1n) is 4.85. The molecule has 0 spiro atoms. The maximum atomic E-state index is 13.6. The van der Waals surface area contributed by atoms with Gasteiger partial charge < -0.3 is 4.74 Å².